The van der Waals surface area contributed by atoms with Crippen LogP contribution in [0.5, 0.6) is 0 Å². The van der Waals surface area contributed by atoms with Gasteiger partial charge in [0.25, 0.3) is 0 Å². The molecule has 12 aromatic rings. The molecule has 788 valence electrons. The number of imidazole rings is 1. The van der Waals surface area contributed by atoms with E-state index >= 15 is 13.2 Å². The Morgan fingerprint density at radius 3 is 1.11 bits per heavy atom. The van der Waals surface area contributed by atoms with E-state index in [1.807, 2.05) is 57.6 Å². The van der Waals surface area contributed by atoms with Crippen molar-refractivity contribution in [3.8, 4) is 0 Å². The number of rotatable bonds is 32. The number of anilines is 4. The summed E-state index contributed by atoms with van der Waals surface area (Å²) in [4.78, 5) is 111. The molecule has 147 heavy (non-hydrogen) atoms. The van der Waals surface area contributed by atoms with Crippen molar-refractivity contribution in [1.82, 2.24) is 97.7 Å². The number of ketones is 4. The summed E-state index contributed by atoms with van der Waals surface area (Å²) >= 11 is 0. The summed E-state index contributed by atoms with van der Waals surface area (Å²) in [6, 6.07) is 12.8. The average molecular weight is 2070 g/mol. The van der Waals surface area contributed by atoms with Crippen molar-refractivity contribution in [3.05, 3.63) is 192 Å². The molecule has 14 heterocycles. The minimum atomic E-state index is -4.63. The second-order valence-electron chi connectivity index (χ2n) is 39.7. The standard InChI is InChI=1S/C26H31F4N5O2.C25H28F4N6O2.C25H29F3N6O2.C24H27F4N7O2/c1-16(2)35(11-18-4-6-20(7-5-18)26(28,29)30)25-23-21(27)13-34(24(23)31-15-32-25)12-19-8-9-33(10-17(3)36)14-22(19)37;1-15(36)9-33-7-6-16(21(37)13-33)10-34-12-20(26)22-23(34)31-14-32-24(22)35(19-4-5-19)11-18-3-2-17(8-30-18)25(27,28)29;1-16(35)10-32-8-7-18(21(36)13-32)12-33-15-31-22-23(33)29-14-30-24(22)34(20-5-6-20)11-17-3-2-4-19(9-17)25(26,27)28;1-14(36)8-33-5-4-16(19(37)12-33)10-34-11-18(25)20-21(34)31-13-32-22(20)35(17-2-3-17)9-15-6-29-23(30-7-15)24(26,27)28/h4-7,13,15-16,19,22,37H,8-12,14H2,1-3H3;2-3,8,12,14,16,19,21,37H,4-7,9-11,13H2,1H3;2-4,9,14-15,18,20-21,36H,5-8,10-13H2,1H3;6-7,11,13,16-17,19,37H,2-5,8-10,12H2,1H3/t19?,22-;16?,21-;18?,21-;16?,19-/m0000/s1. The van der Waals surface area contributed by atoms with Gasteiger partial charge in [0, 0.05) is 163 Å². The maximum absolute atomic E-state index is 15.3. The lowest BCUT2D eigenvalue weighted by atomic mass is 9.93. The van der Waals surface area contributed by atoms with Crippen LogP contribution in [0.2, 0.25) is 0 Å². The first-order valence-corrected chi connectivity index (χ1v) is 48.8. The van der Waals surface area contributed by atoms with Gasteiger partial charge in [-0.2, -0.15) is 52.7 Å². The monoisotopic (exact) mass is 2060 g/mol. The van der Waals surface area contributed by atoms with Gasteiger partial charge in [-0.15, -0.1) is 0 Å². The number of nitrogens with zero attached hydrogens (tertiary/aromatic N) is 24. The highest BCUT2D eigenvalue weighted by Gasteiger charge is 2.43. The number of hydrogen-bond donors (Lipinski definition) is 4. The number of aliphatic hydroxyl groups excluding tert-OH is 4. The van der Waals surface area contributed by atoms with E-state index in [9.17, 15) is 92.3 Å². The van der Waals surface area contributed by atoms with Gasteiger partial charge in [0.1, 0.15) is 82.8 Å². The van der Waals surface area contributed by atoms with Crippen molar-refractivity contribution in [3.63, 3.8) is 0 Å². The van der Waals surface area contributed by atoms with Crippen LogP contribution in [0.25, 0.3) is 44.3 Å². The first kappa shape index (κ1) is 107. The Bertz CT molecular complexity index is 6140. The number of pyridine rings is 1. The summed E-state index contributed by atoms with van der Waals surface area (Å²) in [5, 5.41) is 43.4. The van der Waals surface area contributed by atoms with Crippen LogP contribution in [-0.4, -0.2) is 268 Å². The van der Waals surface area contributed by atoms with E-state index in [0.717, 1.165) is 94.3 Å². The minimum absolute atomic E-state index is 0.00586. The number of halogens is 15. The zero-order valence-corrected chi connectivity index (χ0v) is 81.6. The lowest BCUT2D eigenvalue weighted by Crippen LogP contribution is -2.46. The number of β-amino-alcohol motifs (C(OH)–C–C–N with tert-alkyl or cyclic N) is 4. The first-order chi connectivity index (χ1) is 69.8. The third kappa shape index (κ3) is 26.8. The molecule has 32 nitrogen and oxygen atoms in total. The van der Waals surface area contributed by atoms with Crippen LogP contribution in [0, 0.1) is 41.1 Å². The van der Waals surface area contributed by atoms with E-state index in [2.05, 4.69) is 59.8 Å². The predicted molar refractivity (Wildman–Crippen MR) is 511 cm³/mol. The largest absolute Gasteiger partial charge is 0.451 e. The SMILES string of the molecule is CC(=O)CN1CCC(Cn2cc(F)c3c(N(Cc4ccc(C(F)(F)F)cc4)C(C)C)ncnc32)[C@@H](O)C1.CC(=O)CN1CCC(Cn2cc(F)c3c(N(Cc4ccc(C(F)(F)F)cn4)C4CC4)ncnc32)[C@@H](O)C1.CC(=O)CN1CCC(Cn2cc(F)c3c(N(Cc4cnc(C(F)(F)F)nc4)C4CC4)ncnc32)[C@@H](O)C1.CC(=O)CN1CCC(Cn2cnc3c(N(Cc4cccc(C(F)(F)F)c4)C4CC4)ncnc32)[C@@H](O)C1. The Labute approximate surface area is 835 Å². The Morgan fingerprint density at radius 2 is 0.735 bits per heavy atom. The Morgan fingerprint density at radius 1 is 0.367 bits per heavy atom. The fraction of sp³-hybridized carbons (Fsp3) is 0.520. The quantitative estimate of drug-likeness (QED) is 0.0285. The van der Waals surface area contributed by atoms with Crippen LogP contribution in [-0.2, 0) is 96.2 Å². The molecule has 7 aliphatic rings. The number of likely N-dealkylation sites (tertiary alicyclic amines) is 4. The van der Waals surface area contributed by atoms with Crippen LogP contribution < -0.4 is 19.6 Å². The summed E-state index contributed by atoms with van der Waals surface area (Å²) in [5.41, 5.74) is 2.25. The van der Waals surface area contributed by atoms with Gasteiger partial charge in [-0.1, -0.05) is 24.3 Å². The van der Waals surface area contributed by atoms with Crippen molar-refractivity contribution in [2.45, 2.75) is 231 Å². The van der Waals surface area contributed by atoms with Gasteiger partial charge in [-0.3, -0.25) is 43.8 Å². The van der Waals surface area contributed by atoms with Crippen molar-refractivity contribution >= 4 is 90.7 Å². The van der Waals surface area contributed by atoms with Gasteiger partial charge in [0.2, 0.25) is 5.82 Å². The molecule has 8 atom stereocenters. The van der Waals surface area contributed by atoms with E-state index in [4.69, 9.17) is 0 Å². The van der Waals surface area contributed by atoms with Gasteiger partial charge in [-0.05, 0) is 179 Å². The number of piperidine rings is 4. The lowest BCUT2D eigenvalue weighted by Gasteiger charge is -2.35. The van der Waals surface area contributed by atoms with Crippen LogP contribution in [0.15, 0.2) is 129 Å². The molecule has 3 aliphatic carbocycles. The molecule has 0 spiro atoms. The molecular formula is C100H115F15N24O8. The normalized spacial score (nSPS) is 20.5. The fourth-order valence-corrected chi connectivity index (χ4v) is 19.8. The molecule has 7 fully saturated rings. The lowest BCUT2D eigenvalue weighted by molar-refractivity contribution is -0.145. The predicted octanol–water partition coefficient (Wildman–Crippen LogP) is 13.8. The average Bonchev–Trinajstić information content (AvgIpc) is 1.62. The van der Waals surface area contributed by atoms with Gasteiger partial charge < -0.3 is 58.3 Å². The third-order valence-corrected chi connectivity index (χ3v) is 27.6. The first-order valence-electron chi connectivity index (χ1n) is 48.8. The molecule has 2 aromatic carbocycles. The highest BCUT2D eigenvalue weighted by atomic mass is 19.4. The van der Waals surface area contributed by atoms with Crippen molar-refractivity contribution in [2.24, 2.45) is 23.7 Å². The number of Topliss-reactive ketones (excluding diaryl/α,β-unsaturated/α-hetero) is 4. The van der Waals surface area contributed by atoms with Gasteiger partial charge >= 0.3 is 24.7 Å². The molecule has 0 bridgehead atoms. The van der Waals surface area contributed by atoms with Gasteiger partial charge in [-0.25, -0.2) is 68.0 Å². The molecular weight excluding hydrogens is 1950 g/mol. The summed E-state index contributed by atoms with van der Waals surface area (Å²) in [6.07, 6.45) is 1.86. The van der Waals surface area contributed by atoms with Crippen LogP contribution in [0.3, 0.4) is 0 Å². The maximum Gasteiger partial charge on any atom is 0.451 e. The van der Waals surface area contributed by atoms with Crippen molar-refractivity contribution < 1.29 is 105 Å². The number of alkyl halides is 12. The summed E-state index contributed by atoms with van der Waals surface area (Å²) < 4.78 is 209. The summed E-state index contributed by atoms with van der Waals surface area (Å²) in [5.74, 6) is -1.24. The summed E-state index contributed by atoms with van der Waals surface area (Å²) in [7, 11) is 0. The number of carbonyl (C=O) groups excluding carboxylic acids is 4. The van der Waals surface area contributed by atoms with E-state index in [1.54, 1.807) is 33.0 Å². The minimum Gasteiger partial charge on any atom is -0.391 e. The number of aromatic nitrogens is 16. The second kappa shape index (κ2) is 45.3. The molecule has 0 amide bonds. The van der Waals surface area contributed by atoms with Crippen molar-refractivity contribution in [1.29, 1.82) is 0 Å². The molecule has 10 aromatic heterocycles. The van der Waals surface area contributed by atoms with E-state index < -0.39 is 89.1 Å². The Kier molecular flexibility index (Phi) is 33.1. The zero-order valence-electron chi connectivity index (χ0n) is 81.6. The van der Waals surface area contributed by atoms with Crippen LogP contribution >= 0.6 is 0 Å². The molecule has 0 radical (unpaired) electrons. The number of aliphatic hydroxyl groups is 4. The number of benzene rings is 2. The molecule has 4 N–H and O–H groups in total. The highest BCUT2D eigenvalue weighted by molar-refractivity contribution is 5.91. The van der Waals surface area contributed by atoms with Crippen LogP contribution in [0.4, 0.5) is 89.1 Å². The molecule has 47 heteroatoms. The highest BCUT2D eigenvalue weighted by Crippen LogP contribution is 2.44. The molecule has 4 saturated heterocycles. The van der Waals surface area contributed by atoms with Crippen LogP contribution in [0.1, 0.15) is 151 Å². The fourth-order valence-electron chi connectivity index (χ4n) is 19.8. The molecule has 4 aliphatic heterocycles. The molecule has 3 saturated carbocycles. The smallest absolute Gasteiger partial charge is 0.391 e. The van der Waals surface area contributed by atoms with Crippen molar-refractivity contribution in [2.75, 3.05) is 98.1 Å². The number of carbonyl (C=O) groups is 4. The Balaban J connectivity index is 0.000000140. The topological polar surface area (TPSA) is 350 Å². The Hall–Kier alpha value is -12.4. The summed E-state index contributed by atoms with van der Waals surface area (Å²) in [6.45, 7) is 17.9. The van der Waals surface area contributed by atoms with E-state index in [1.165, 1.54) is 95.0 Å². The number of fused-ring (bicyclic) bond motifs is 4. The van der Waals surface area contributed by atoms with E-state index in [-0.39, 0.29) is 107 Å². The van der Waals surface area contributed by atoms with Gasteiger partial charge in [0.15, 0.2) is 34.4 Å². The van der Waals surface area contributed by atoms with Gasteiger partial charge in [0.05, 0.1) is 102 Å². The molecule has 4 unspecified atom stereocenters. The number of hydrogen-bond acceptors (Lipinski definition) is 28. The third-order valence-electron chi connectivity index (χ3n) is 27.6. The molecule has 19 rings (SSSR count). The zero-order chi connectivity index (χ0) is 105. The van der Waals surface area contributed by atoms with E-state index in [0.29, 0.717) is 198 Å². The second-order valence-corrected chi connectivity index (χ2v) is 39.7. The maximum atomic E-state index is 15.3.